The van der Waals surface area contributed by atoms with E-state index < -0.39 is 23.2 Å². The van der Waals surface area contributed by atoms with E-state index in [1.165, 1.54) is 27.9 Å². The molecule has 29 heavy (non-hydrogen) atoms. The van der Waals surface area contributed by atoms with Gasteiger partial charge in [0.15, 0.2) is 4.96 Å². The van der Waals surface area contributed by atoms with Crippen LogP contribution in [0.3, 0.4) is 0 Å². The minimum atomic E-state index is -4.47. The van der Waals surface area contributed by atoms with Crippen LogP contribution in [0.2, 0.25) is 0 Å². The number of amides is 1. The normalized spacial score (nSPS) is 12.3. The van der Waals surface area contributed by atoms with Crippen molar-refractivity contribution in [1.29, 1.82) is 0 Å². The number of benzene rings is 1. The van der Waals surface area contributed by atoms with Gasteiger partial charge < -0.3 is 0 Å². The van der Waals surface area contributed by atoms with Gasteiger partial charge in [-0.1, -0.05) is 32.9 Å². The first-order valence-corrected chi connectivity index (χ1v) is 9.44. The zero-order chi connectivity index (χ0) is 21.4. The second-order valence-corrected chi connectivity index (χ2v) is 8.22. The van der Waals surface area contributed by atoms with Gasteiger partial charge in [0, 0.05) is 22.7 Å². The van der Waals surface area contributed by atoms with Crippen LogP contribution < -0.4 is 11.0 Å². The lowest BCUT2D eigenvalue weighted by Gasteiger charge is -2.17. The monoisotopic (exact) mass is 425 g/mol. The third-order valence-corrected chi connectivity index (χ3v) is 4.96. The lowest BCUT2D eigenvalue weighted by molar-refractivity contribution is -0.137. The average molecular weight is 425 g/mol. The number of nitrogens with zero attached hydrogens (tertiary/aromatic N) is 2. The van der Waals surface area contributed by atoms with Gasteiger partial charge in [-0.25, -0.2) is 10.5 Å². The molecular weight excluding hydrogens is 407 g/mol. The average Bonchev–Trinajstić information content (AvgIpc) is 3.07. The second-order valence-electron chi connectivity index (χ2n) is 7.38. The summed E-state index contributed by atoms with van der Waals surface area (Å²) in [5.41, 5.74) is 1.11. The smallest absolute Gasteiger partial charge is 0.269 e. The summed E-state index contributed by atoms with van der Waals surface area (Å²) >= 11 is 1.29. The largest absolute Gasteiger partial charge is 0.416 e. The molecule has 1 amide bonds. The van der Waals surface area contributed by atoms with Crippen molar-refractivity contribution in [1.82, 2.24) is 14.9 Å². The Morgan fingerprint density at radius 3 is 2.66 bits per heavy atom. The van der Waals surface area contributed by atoms with Gasteiger partial charge in [0.05, 0.1) is 12.2 Å². The quantitative estimate of drug-likeness (QED) is 0.643. The molecule has 0 aliphatic heterocycles. The van der Waals surface area contributed by atoms with E-state index >= 15 is 0 Å². The number of nitrogens with one attached hydrogen (secondary N) is 1. The number of carbonyl (C=O) groups is 1. The number of hydrogen-bond donors (Lipinski definition) is 1. The summed E-state index contributed by atoms with van der Waals surface area (Å²) in [7, 11) is 0. The van der Waals surface area contributed by atoms with Crippen molar-refractivity contribution in [3.63, 3.8) is 0 Å². The Kier molecular flexibility index (Phi) is 5.50. The molecule has 2 aromatic heterocycles. The van der Waals surface area contributed by atoms with Gasteiger partial charge in [-0.2, -0.15) is 13.2 Å². The van der Waals surface area contributed by atoms with Gasteiger partial charge in [-0.15, -0.1) is 11.3 Å². The van der Waals surface area contributed by atoms with Gasteiger partial charge in [-0.05, 0) is 17.7 Å². The van der Waals surface area contributed by atoms with E-state index in [4.69, 9.17) is 4.84 Å². The summed E-state index contributed by atoms with van der Waals surface area (Å²) in [6.07, 6.45) is -3.32. The van der Waals surface area contributed by atoms with Crippen molar-refractivity contribution in [3.8, 4) is 0 Å². The van der Waals surface area contributed by atoms with Crippen molar-refractivity contribution in [3.05, 3.63) is 68.6 Å². The number of halogens is 3. The van der Waals surface area contributed by atoms with Crippen molar-refractivity contribution in [2.24, 2.45) is 0 Å². The molecule has 0 atom stereocenters. The SMILES string of the molecule is CC(C)(C)c1csc2ncc(C(=O)NOCc3cccc(C(F)(F)F)c3)c(=O)n12. The summed E-state index contributed by atoms with van der Waals surface area (Å²) in [6.45, 7) is 5.52. The summed E-state index contributed by atoms with van der Waals surface area (Å²) < 4.78 is 39.6. The number of hydroxylamine groups is 1. The fourth-order valence-electron chi connectivity index (χ4n) is 2.64. The molecule has 0 bridgehead atoms. The number of hydrogen-bond acceptors (Lipinski definition) is 5. The van der Waals surface area contributed by atoms with Gasteiger partial charge in [-0.3, -0.25) is 18.8 Å². The van der Waals surface area contributed by atoms with Gasteiger partial charge in [0.1, 0.15) is 5.56 Å². The van der Waals surface area contributed by atoms with Crippen LogP contribution in [0.1, 0.15) is 48.0 Å². The lowest BCUT2D eigenvalue weighted by atomic mass is 9.93. The van der Waals surface area contributed by atoms with E-state index in [1.54, 1.807) is 0 Å². The predicted molar refractivity (Wildman–Crippen MR) is 102 cm³/mol. The fraction of sp³-hybridized carbons (Fsp3) is 0.316. The van der Waals surface area contributed by atoms with E-state index in [2.05, 4.69) is 10.5 Å². The number of aromatic nitrogens is 2. The molecule has 0 aliphatic rings. The molecule has 0 radical (unpaired) electrons. The summed E-state index contributed by atoms with van der Waals surface area (Å²) in [6, 6.07) is 4.55. The molecule has 3 rings (SSSR count). The first-order chi connectivity index (χ1) is 13.5. The zero-order valence-electron chi connectivity index (χ0n) is 15.8. The number of fused-ring (bicyclic) bond motifs is 1. The van der Waals surface area contributed by atoms with Crippen LogP contribution in [0.4, 0.5) is 13.2 Å². The van der Waals surface area contributed by atoms with Crippen molar-refractivity contribution in [2.45, 2.75) is 39.0 Å². The van der Waals surface area contributed by atoms with Crippen LogP contribution in [-0.4, -0.2) is 15.3 Å². The first kappa shape index (κ1) is 21.0. The Hall–Kier alpha value is -2.72. The summed E-state index contributed by atoms with van der Waals surface area (Å²) in [4.78, 5) is 34.7. The van der Waals surface area contributed by atoms with E-state index in [1.807, 2.05) is 26.2 Å². The Morgan fingerprint density at radius 2 is 2.00 bits per heavy atom. The molecule has 154 valence electrons. The Bertz CT molecular complexity index is 1110. The topological polar surface area (TPSA) is 72.7 Å². The standard InChI is InChI=1S/C19H18F3N3O3S/c1-18(2,3)14-10-29-17-23-8-13(16(27)25(14)17)15(26)24-28-9-11-5-4-6-12(7-11)19(20,21)22/h4-8,10H,9H2,1-3H3,(H,24,26). The van der Waals surface area contributed by atoms with Gasteiger partial charge in [0.2, 0.25) is 0 Å². The van der Waals surface area contributed by atoms with Crippen molar-refractivity contribution >= 4 is 22.2 Å². The molecule has 0 saturated heterocycles. The van der Waals surface area contributed by atoms with Crippen LogP contribution in [-0.2, 0) is 23.0 Å². The Morgan fingerprint density at radius 1 is 1.28 bits per heavy atom. The number of carbonyl (C=O) groups excluding carboxylic acids is 1. The highest BCUT2D eigenvalue weighted by molar-refractivity contribution is 7.15. The van der Waals surface area contributed by atoms with Crippen LogP contribution >= 0.6 is 11.3 Å². The van der Waals surface area contributed by atoms with Gasteiger partial charge in [0.25, 0.3) is 11.5 Å². The number of rotatable bonds is 4. The zero-order valence-corrected chi connectivity index (χ0v) is 16.6. The lowest BCUT2D eigenvalue weighted by Crippen LogP contribution is -2.33. The van der Waals surface area contributed by atoms with Crippen LogP contribution in [0, 0.1) is 0 Å². The fourth-order valence-corrected chi connectivity index (χ4v) is 3.72. The minimum Gasteiger partial charge on any atom is -0.269 e. The molecule has 1 aromatic carbocycles. The first-order valence-electron chi connectivity index (χ1n) is 8.56. The van der Waals surface area contributed by atoms with Gasteiger partial charge >= 0.3 is 6.18 Å². The molecule has 3 aromatic rings. The predicted octanol–water partition coefficient (Wildman–Crippen LogP) is 3.93. The van der Waals surface area contributed by atoms with E-state index in [0.717, 1.165) is 24.0 Å². The third kappa shape index (κ3) is 4.48. The maximum Gasteiger partial charge on any atom is 0.416 e. The molecule has 10 heteroatoms. The number of thiazole rings is 1. The van der Waals surface area contributed by atoms with E-state index in [0.29, 0.717) is 4.96 Å². The highest BCUT2D eigenvalue weighted by Gasteiger charge is 2.30. The summed E-state index contributed by atoms with van der Waals surface area (Å²) in [5, 5.41) is 1.82. The molecular formula is C19H18F3N3O3S. The molecule has 1 N–H and O–H groups in total. The molecule has 0 fully saturated rings. The Balaban J connectivity index is 1.76. The molecule has 0 unspecified atom stereocenters. The van der Waals surface area contributed by atoms with Crippen LogP contribution in [0.5, 0.6) is 0 Å². The van der Waals surface area contributed by atoms with E-state index in [9.17, 15) is 22.8 Å². The molecule has 2 heterocycles. The van der Waals surface area contributed by atoms with Crippen molar-refractivity contribution < 1.29 is 22.8 Å². The van der Waals surface area contributed by atoms with Crippen LogP contribution in [0.15, 0.2) is 40.6 Å². The maximum absolute atomic E-state index is 12.8. The highest BCUT2D eigenvalue weighted by Crippen LogP contribution is 2.29. The number of alkyl halides is 3. The molecule has 0 aliphatic carbocycles. The van der Waals surface area contributed by atoms with Crippen molar-refractivity contribution in [2.75, 3.05) is 0 Å². The molecule has 0 spiro atoms. The summed E-state index contributed by atoms with van der Waals surface area (Å²) in [5.74, 6) is -0.824. The molecule has 0 saturated carbocycles. The Labute approximate surface area is 167 Å². The van der Waals surface area contributed by atoms with E-state index in [-0.39, 0.29) is 23.1 Å². The minimum absolute atomic E-state index is 0.221. The maximum atomic E-state index is 12.8. The third-order valence-electron chi connectivity index (χ3n) is 4.12. The molecule has 6 nitrogen and oxygen atoms in total. The highest BCUT2D eigenvalue weighted by atomic mass is 32.1. The second kappa shape index (κ2) is 7.60. The van der Waals surface area contributed by atoms with Crippen LogP contribution in [0.25, 0.3) is 4.96 Å².